The third-order valence-electron chi connectivity index (χ3n) is 2.99. The van der Waals surface area contributed by atoms with Gasteiger partial charge in [-0.05, 0) is 36.6 Å². The van der Waals surface area contributed by atoms with E-state index >= 15 is 0 Å². The van der Waals surface area contributed by atoms with Crippen molar-refractivity contribution in [2.45, 2.75) is 26.7 Å². The number of benzene rings is 1. The van der Waals surface area contributed by atoms with Crippen LogP contribution in [0.15, 0.2) is 24.3 Å². The molecular weight excluding hydrogens is 266 g/mol. The third kappa shape index (κ3) is 6.90. The molecule has 0 fully saturated rings. The van der Waals surface area contributed by atoms with Gasteiger partial charge in [-0.25, -0.2) is 0 Å². The van der Waals surface area contributed by atoms with E-state index in [2.05, 4.69) is 10.6 Å². The summed E-state index contributed by atoms with van der Waals surface area (Å²) in [5, 5.41) is 5.56. The first kappa shape index (κ1) is 17.2. The van der Waals surface area contributed by atoms with Crippen molar-refractivity contribution in [3.8, 4) is 0 Å². The Morgan fingerprint density at radius 3 is 2.38 bits per heavy atom. The van der Waals surface area contributed by atoms with Crippen molar-refractivity contribution in [2.75, 3.05) is 19.6 Å². The number of carbonyl (C=O) groups excluding carboxylic acids is 2. The van der Waals surface area contributed by atoms with Gasteiger partial charge in [-0.15, -0.1) is 0 Å². The molecule has 5 heteroatoms. The molecule has 0 saturated carbocycles. The molecule has 0 saturated heterocycles. The highest BCUT2D eigenvalue weighted by Crippen LogP contribution is 2.04. The van der Waals surface area contributed by atoms with Crippen molar-refractivity contribution < 1.29 is 9.59 Å². The zero-order chi connectivity index (χ0) is 15.7. The van der Waals surface area contributed by atoms with Gasteiger partial charge in [-0.2, -0.15) is 0 Å². The van der Waals surface area contributed by atoms with Gasteiger partial charge >= 0.3 is 0 Å². The van der Waals surface area contributed by atoms with E-state index in [1.807, 2.05) is 26.0 Å². The molecule has 1 rings (SSSR count). The molecule has 0 atom stereocenters. The standard InChI is InChI=1S/C16H25N3O2/c1-12(2)11-19-15(20)8-10-18-16(21)14-5-3-13(4-6-14)7-9-17/h3-6,12H,7-11,17H2,1-2H3,(H,18,21)(H,19,20). The summed E-state index contributed by atoms with van der Waals surface area (Å²) in [6.45, 7) is 5.67. The Bertz CT molecular complexity index is 455. The molecule has 4 N–H and O–H groups in total. The van der Waals surface area contributed by atoms with E-state index in [-0.39, 0.29) is 11.8 Å². The van der Waals surface area contributed by atoms with Crippen LogP contribution < -0.4 is 16.4 Å². The van der Waals surface area contributed by atoms with Crippen molar-refractivity contribution in [3.05, 3.63) is 35.4 Å². The highest BCUT2D eigenvalue weighted by Gasteiger charge is 2.07. The minimum atomic E-state index is -0.161. The summed E-state index contributed by atoms with van der Waals surface area (Å²) in [7, 11) is 0. The number of hydrogen-bond acceptors (Lipinski definition) is 3. The van der Waals surface area contributed by atoms with Gasteiger partial charge in [0.15, 0.2) is 0 Å². The van der Waals surface area contributed by atoms with Crippen LogP contribution in [0.5, 0.6) is 0 Å². The van der Waals surface area contributed by atoms with E-state index in [4.69, 9.17) is 5.73 Å². The average molecular weight is 291 g/mol. The van der Waals surface area contributed by atoms with Crippen molar-refractivity contribution >= 4 is 11.8 Å². The maximum absolute atomic E-state index is 11.9. The van der Waals surface area contributed by atoms with Crippen LogP contribution in [0.25, 0.3) is 0 Å². The monoisotopic (exact) mass is 291 g/mol. The summed E-state index contributed by atoms with van der Waals surface area (Å²) in [6.07, 6.45) is 1.10. The Morgan fingerprint density at radius 1 is 1.14 bits per heavy atom. The van der Waals surface area contributed by atoms with Crippen molar-refractivity contribution in [3.63, 3.8) is 0 Å². The summed E-state index contributed by atoms with van der Waals surface area (Å²) in [5.74, 6) is 0.226. The topological polar surface area (TPSA) is 84.2 Å². The molecule has 0 spiro atoms. The van der Waals surface area contributed by atoms with Crippen molar-refractivity contribution in [1.29, 1.82) is 0 Å². The van der Waals surface area contributed by atoms with Gasteiger partial charge < -0.3 is 16.4 Å². The van der Waals surface area contributed by atoms with Crippen LogP contribution in [0.4, 0.5) is 0 Å². The lowest BCUT2D eigenvalue weighted by Gasteiger charge is -2.08. The lowest BCUT2D eigenvalue weighted by Crippen LogP contribution is -2.32. The second-order valence-corrected chi connectivity index (χ2v) is 5.44. The number of nitrogens with two attached hydrogens (primary N) is 1. The van der Waals surface area contributed by atoms with Crippen molar-refractivity contribution in [2.24, 2.45) is 11.7 Å². The van der Waals surface area contributed by atoms with Crippen LogP contribution in [-0.2, 0) is 11.2 Å². The van der Waals surface area contributed by atoms with Gasteiger partial charge in [0.05, 0.1) is 0 Å². The first-order chi connectivity index (χ1) is 10.0. The van der Waals surface area contributed by atoms with Gasteiger partial charge in [0.25, 0.3) is 5.91 Å². The largest absolute Gasteiger partial charge is 0.356 e. The van der Waals surface area contributed by atoms with Crippen LogP contribution in [-0.4, -0.2) is 31.4 Å². The normalized spacial score (nSPS) is 10.5. The summed E-state index contributed by atoms with van der Waals surface area (Å²) >= 11 is 0. The zero-order valence-corrected chi connectivity index (χ0v) is 12.8. The Balaban J connectivity index is 2.31. The van der Waals surface area contributed by atoms with E-state index < -0.39 is 0 Å². The maximum Gasteiger partial charge on any atom is 0.251 e. The molecule has 1 aromatic carbocycles. The predicted octanol–water partition coefficient (Wildman–Crippen LogP) is 1.08. The molecule has 0 aliphatic heterocycles. The Labute approximate surface area is 126 Å². The first-order valence-corrected chi connectivity index (χ1v) is 7.37. The molecule has 0 radical (unpaired) electrons. The molecule has 21 heavy (non-hydrogen) atoms. The summed E-state index contributed by atoms with van der Waals surface area (Å²) in [5.41, 5.74) is 7.19. The van der Waals surface area contributed by atoms with Gasteiger partial charge in [-0.3, -0.25) is 9.59 Å². The van der Waals surface area contributed by atoms with E-state index in [1.54, 1.807) is 12.1 Å². The summed E-state index contributed by atoms with van der Waals surface area (Å²) in [6, 6.07) is 7.35. The second kappa shape index (κ2) is 9.13. The molecule has 0 aliphatic carbocycles. The van der Waals surface area contributed by atoms with Crippen LogP contribution in [0.3, 0.4) is 0 Å². The SMILES string of the molecule is CC(C)CNC(=O)CCNC(=O)c1ccc(CCN)cc1. The van der Waals surface area contributed by atoms with E-state index in [9.17, 15) is 9.59 Å². The Hall–Kier alpha value is -1.88. The quantitative estimate of drug-likeness (QED) is 0.670. The Kier molecular flexibility index (Phi) is 7.46. The molecule has 0 aliphatic rings. The highest BCUT2D eigenvalue weighted by atomic mass is 16.2. The van der Waals surface area contributed by atoms with Gasteiger partial charge in [0.1, 0.15) is 0 Å². The maximum atomic E-state index is 11.9. The number of amides is 2. The Morgan fingerprint density at radius 2 is 1.81 bits per heavy atom. The molecule has 116 valence electrons. The molecular formula is C16H25N3O2. The number of hydrogen-bond donors (Lipinski definition) is 3. The minimum Gasteiger partial charge on any atom is -0.356 e. The first-order valence-electron chi connectivity index (χ1n) is 7.37. The number of rotatable bonds is 8. The minimum absolute atomic E-state index is 0.0395. The molecule has 1 aromatic rings. The number of carbonyl (C=O) groups is 2. The smallest absolute Gasteiger partial charge is 0.251 e. The lowest BCUT2D eigenvalue weighted by atomic mass is 10.1. The highest BCUT2D eigenvalue weighted by molar-refractivity contribution is 5.94. The average Bonchev–Trinajstić information content (AvgIpc) is 2.46. The zero-order valence-electron chi connectivity index (χ0n) is 12.8. The lowest BCUT2D eigenvalue weighted by molar-refractivity contribution is -0.121. The molecule has 0 aromatic heterocycles. The molecule has 2 amide bonds. The summed E-state index contributed by atoms with van der Waals surface area (Å²) < 4.78 is 0. The summed E-state index contributed by atoms with van der Waals surface area (Å²) in [4.78, 5) is 23.4. The fourth-order valence-electron chi connectivity index (χ4n) is 1.79. The van der Waals surface area contributed by atoms with Crippen molar-refractivity contribution in [1.82, 2.24) is 10.6 Å². The third-order valence-corrected chi connectivity index (χ3v) is 2.99. The molecule has 0 unspecified atom stereocenters. The number of nitrogens with one attached hydrogen (secondary N) is 2. The van der Waals surface area contributed by atoms with Gasteiger partial charge in [0, 0.05) is 25.1 Å². The molecule has 0 heterocycles. The fourth-order valence-corrected chi connectivity index (χ4v) is 1.79. The van der Waals surface area contributed by atoms with E-state index in [0.717, 1.165) is 12.0 Å². The van der Waals surface area contributed by atoms with E-state index in [1.165, 1.54) is 0 Å². The van der Waals surface area contributed by atoms with Crippen LogP contribution in [0.2, 0.25) is 0 Å². The molecule has 5 nitrogen and oxygen atoms in total. The fraction of sp³-hybridized carbons (Fsp3) is 0.500. The van der Waals surface area contributed by atoms with Crippen LogP contribution in [0, 0.1) is 5.92 Å². The van der Waals surface area contributed by atoms with Gasteiger partial charge in [-0.1, -0.05) is 26.0 Å². The van der Waals surface area contributed by atoms with Crippen LogP contribution in [0.1, 0.15) is 36.2 Å². The van der Waals surface area contributed by atoms with Gasteiger partial charge in [0.2, 0.25) is 5.91 Å². The molecule has 0 bridgehead atoms. The van der Waals surface area contributed by atoms with Crippen LogP contribution >= 0.6 is 0 Å². The second-order valence-electron chi connectivity index (χ2n) is 5.44. The van der Waals surface area contributed by atoms with E-state index in [0.29, 0.717) is 37.5 Å². The predicted molar refractivity (Wildman–Crippen MR) is 84.0 cm³/mol.